The van der Waals surface area contributed by atoms with Crippen LogP contribution in [0.2, 0.25) is 10.0 Å². The van der Waals surface area contributed by atoms with Crippen molar-refractivity contribution in [1.82, 2.24) is 14.5 Å². The number of nitrogens with one attached hydrogen (secondary N) is 1. The number of rotatable bonds is 8. The molecule has 168 valence electrons. The third-order valence-corrected chi connectivity index (χ3v) is 7.31. The molecule has 1 fully saturated rings. The number of piperazine rings is 1. The summed E-state index contributed by atoms with van der Waals surface area (Å²) in [5.74, 6) is 0.704. The van der Waals surface area contributed by atoms with E-state index in [2.05, 4.69) is 9.62 Å². The van der Waals surface area contributed by atoms with Gasteiger partial charge in [-0.25, -0.2) is 13.1 Å². The molecule has 0 aromatic heterocycles. The summed E-state index contributed by atoms with van der Waals surface area (Å²) in [4.78, 5) is 16.5. The first kappa shape index (κ1) is 23.8. The van der Waals surface area contributed by atoms with Crippen molar-refractivity contribution in [2.24, 2.45) is 0 Å². The van der Waals surface area contributed by atoms with E-state index in [0.29, 0.717) is 37.7 Å². The monoisotopic (exact) mass is 485 g/mol. The second kappa shape index (κ2) is 10.7. The molecule has 0 unspecified atom stereocenters. The van der Waals surface area contributed by atoms with Gasteiger partial charge in [-0.2, -0.15) is 0 Å². The van der Waals surface area contributed by atoms with E-state index in [1.165, 1.54) is 12.1 Å². The molecule has 3 rings (SSSR count). The molecule has 10 heteroatoms. The average Bonchev–Trinajstić information content (AvgIpc) is 2.74. The van der Waals surface area contributed by atoms with Gasteiger partial charge in [-0.05, 0) is 30.3 Å². The average molecular weight is 486 g/mol. The predicted octanol–water partition coefficient (Wildman–Crippen LogP) is 3.01. The Bertz CT molecular complexity index is 1030. The molecule has 1 N–H and O–H groups in total. The molecule has 0 spiro atoms. The summed E-state index contributed by atoms with van der Waals surface area (Å²) in [6.07, 6.45) is 0.0891. The number of halogens is 2. The molecular weight excluding hydrogens is 461 g/mol. The van der Waals surface area contributed by atoms with Crippen LogP contribution in [0.15, 0.2) is 47.4 Å². The lowest BCUT2D eigenvalue weighted by Gasteiger charge is -2.35. The molecule has 0 atom stereocenters. The number of nitrogens with zero attached hydrogens (tertiary/aromatic N) is 2. The molecule has 2 aromatic rings. The van der Waals surface area contributed by atoms with Gasteiger partial charge in [0.15, 0.2) is 0 Å². The fourth-order valence-electron chi connectivity index (χ4n) is 3.46. The lowest BCUT2D eigenvalue weighted by atomic mass is 10.1. The number of carbonyl (C=O) groups is 1. The van der Waals surface area contributed by atoms with Crippen LogP contribution in [0.4, 0.5) is 0 Å². The topological polar surface area (TPSA) is 79.0 Å². The van der Waals surface area contributed by atoms with Crippen LogP contribution >= 0.6 is 23.2 Å². The number of hydrogen-bond donors (Lipinski definition) is 1. The fraction of sp³-hybridized carbons (Fsp3) is 0.381. The van der Waals surface area contributed by atoms with Gasteiger partial charge in [-0.1, -0.05) is 35.3 Å². The first-order valence-corrected chi connectivity index (χ1v) is 12.1. The molecule has 0 saturated carbocycles. The molecule has 7 nitrogen and oxygen atoms in total. The van der Waals surface area contributed by atoms with Gasteiger partial charge in [0, 0.05) is 56.3 Å². The minimum atomic E-state index is -3.75. The van der Waals surface area contributed by atoms with Crippen LogP contribution in [0.5, 0.6) is 5.75 Å². The summed E-state index contributed by atoms with van der Waals surface area (Å²) >= 11 is 12.1. The van der Waals surface area contributed by atoms with E-state index in [1.807, 2.05) is 12.1 Å². The van der Waals surface area contributed by atoms with Crippen molar-refractivity contribution in [3.63, 3.8) is 0 Å². The maximum atomic E-state index is 12.5. The highest BCUT2D eigenvalue weighted by atomic mass is 35.5. The van der Waals surface area contributed by atoms with Gasteiger partial charge in [-0.3, -0.25) is 9.69 Å². The van der Waals surface area contributed by atoms with Crippen molar-refractivity contribution >= 4 is 39.1 Å². The van der Waals surface area contributed by atoms with Crippen LogP contribution in [-0.2, 0) is 21.4 Å². The van der Waals surface area contributed by atoms with Gasteiger partial charge in [0.25, 0.3) is 0 Å². The molecule has 1 aliphatic rings. The summed E-state index contributed by atoms with van der Waals surface area (Å²) in [5, 5.41) is 0.803. The van der Waals surface area contributed by atoms with Gasteiger partial charge in [-0.15, -0.1) is 0 Å². The maximum absolute atomic E-state index is 12.5. The highest BCUT2D eigenvalue weighted by Gasteiger charge is 2.23. The van der Waals surface area contributed by atoms with E-state index in [-0.39, 0.29) is 28.8 Å². The van der Waals surface area contributed by atoms with Gasteiger partial charge in [0.1, 0.15) is 10.6 Å². The number of carbonyl (C=O) groups excluding carboxylic acids is 1. The SMILES string of the molecule is COc1ccc(Cl)cc1CN1CCN(C(=O)CCNS(=O)(=O)c2ccccc2Cl)CC1. The van der Waals surface area contributed by atoms with E-state index < -0.39 is 10.0 Å². The van der Waals surface area contributed by atoms with Crippen molar-refractivity contribution < 1.29 is 17.9 Å². The van der Waals surface area contributed by atoms with E-state index >= 15 is 0 Å². The molecule has 1 amide bonds. The van der Waals surface area contributed by atoms with Gasteiger partial charge in [0.2, 0.25) is 15.9 Å². The number of ether oxygens (including phenoxy) is 1. The number of hydrogen-bond acceptors (Lipinski definition) is 5. The Morgan fingerprint density at radius 1 is 1.10 bits per heavy atom. The molecular formula is C21H25Cl2N3O4S. The maximum Gasteiger partial charge on any atom is 0.242 e. The minimum absolute atomic E-state index is 0.00849. The Morgan fingerprint density at radius 2 is 1.81 bits per heavy atom. The molecule has 0 radical (unpaired) electrons. The van der Waals surface area contributed by atoms with Crippen molar-refractivity contribution in [2.45, 2.75) is 17.9 Å². The van der Waals surface area contributed by atoms with Gasteiger partial charge < -0.3 is 9.64 Å². The van der Waals surface area contributed by atoms with E-state index in [1.54, 1.807) is 30.2 Å². The summed E-state index contributed by atoms with van der Waals surface area (Å²) in [5.41, 5.74) is 1.00. The van der Waals surface area contributed by atoms with Gasteiger partial charge in [0.05, 0.1) is 12.1 Å². The van der Waals surface area contributed by atoms with E-state index in [0.717, 1.165) is 11.3 Å². The third-order valence-electron chi connectivity index (χ3n) is 5.12. The highest BCUT2D eigenvalue weighted by molar-refractivity contribution is 7.89. The smallest absolute Gasteiger partial charge is 0.242 e. The normalized spacial score (nSPS) is 15.1. The number of benzene rings is 2. The predicted molar refractivity (Wildman–Crippen MR) is 121 cm³/mol. The van der Waals surface area contributed by atoms with Crippen molar-refractivity contribution in [3.05, 3.63) is 58.1 Å². The van der Waals surface area contributed by atoms with E-state index in [9.17, 15) is 13.2 Å². The molecule has 1 aliphatic heterocycles. The summed E-state index contributed by atoms with van der Waals surface area (Å²) in [6, 6.07) is 11.7. The van der Waals surface area contributed by atoms with Crippen LogP contribution in [0.25, 0.3) is 0 Å². The number of amides is 1. The van der Waals surface area contributed by atoms with E-state index in [4.69, 9.17) is 27.9 Å². The zero-order valence-corrected chi connectivity index (χ0v) is 19.5. The summed E-state index contributed by atoms with van der Waals surface area (Å²) in [7, 11) is -2.13. The Hall–Kier alpha value is -1.84. The Balaban J connectivity index is 1.46. The molecule has 1 saturated heterocycles. The Labute approximate surface area is 192 Å². The zero-order valence-electron chi connectivity index (χ0n) is 17.2. The molecule has 1 heterocycles. The Kier molecular flexibility index (Phi) is 8.18. The first-order chi connectivity index (χ1) is 14.8. The zero-order chi connectivity index (χ0) is 22.4. The van der Waals surface area contributed by atoms with Crippen molar-refractivity contribution in [1.29, 1.82) is 0 Å². The fourth-order valence-corrected chi connectivity index (χ4v) is 5.20. The van der Waals surface area contributed by atoms with Crippen LogP contribution in [-0.4, -0.2) is 64.0 Å². The largest absolute Gasteiger partial charge is 0.496 e. The lowest BCUT2D eigenvalue weighted by molar-refractivity contribution is -0.132. The molecule has 2 aromatic carbocycles. The summed E-state index contributed by atoms with van der Waals surface area (Å²) in [6.45, 7) is 3.30. The quantitative estimate of drug-likeness (QED) is 0.621. The number of methoxy groups -OCH3 is 1. The lowest BCUT2D eigenvalue weighted by Crippen LogP contribution is -2.48. The second-order valence-electron chi connectivity index (χ2n) is 7.19. The standard InChI is InChI=1S/C21H25Cl2N3O4S/c1-30-19-7-6-17(22)14-16(19)15-25-10-12-26(13-11-25)21(27)8-9-24-31(28,29)20-5-3-2-4-18(20)23/h2-7,14,24H,8-13,15H2,1H3. The van der Waals surface area contributed by atoms with Crippen LogP contribution in [0.1, 0.15) is 12.0 Å². The highest BCUT2D eigenvalue weighted by Crippen LogP contribution is 2.24. The van der Waals surface area contributed by atoms with Gasteiger partial charge >= 0.3 is 0 Å². The first-order valence-electron chi connectivity index (χ1n) is 9.87. The minimum Gasteiger partial charge on any atom is -0.496 e. The van der Waals surface area contributed by atoms with Crippen LogP contribution in [0.3, 0.4) is 0 Å². The molecule has 0 aliphatic carbocycles. The molecule has 0 bridgehead atoms. The number of sulfonamides is 1. The van der Waals surface area contributed by atoms with Crippen molar-refractivity contribution in [2.75, 3.05) is 39.8 Å². The van der Waals surface area contributed by atoms with Crippen LogP contribution < -0.4 is 9.46 Å². The Morgan fingerprint density at radius 3 is 2.48 bits per heavy atom. The molecule has 31 heavy (non-hydrogen) atoms. The second-order valence-corrected chi connectivity index (χ2v) is 9.77. The van der Waals surface area contributed by atoms with Crippen molar-refractivity contribution in [3.8, 4) is 5.75 Å². The third kappa shape index (κ3) is 6.33. The van der Waals surface area contributed by atoms with Crippen LogP contribution in [0, 0.1) is 0 Å². The summed E-state index contributed by atoms with van der Waals surface area (Å²) < 4.78 is 32.6.